The molecule has 0 radical (unpaired) electrons. The van der Waals surface area contributed by atoms with Gasteiger partial charge >= 0.3 is 11.9 Å². The Hall–Kier alpha value is -0.750. The monoisotopic (exact) mass is 314 g/mol. The van der Waals surface area contributed by atoms with E-state index in [9.17, 15) is 9.59 Å². The Morgan fingerprint density at radius 3 is 3.05 bits per heavy atom. The van der Waals surface area contributed by atoms with Crippen LogP contribution in [0.2, 0.25) is 0 Å². The molecule has 6 unspecified atom stereocenters. The number of rotatable bonds is 7. The van der Waals surface area contributed by atoms with E-state index in [-0.39, 0.29) is 35.3 Å². The Morgan fingerprint density at radius 2 is 2.29 bits per heavy atom. The van der Waals surface area contributed by atoms with Gasteiger partial charge in [0, 0.05) is 11.7 Å². The third-order valence-corrected chi connectivity index (χ3v) is 5.89. The van der Waals surface area contributed by atoms with Gasteiger partial charge in [0.25, 0.3) is 0 Å². The molecule has 1 saturated heterocycles. The van der Waals surface area contributed by atoms with E-state index in [1.165, 1.54) is 0 Å². The predicted octanol–water partition coefficient (Wildman–Crippen LogP) is 1.64. The fraction of sp³-hybridized carbons (Fsp3) is 0.867. The van der Waals surface area contributed by atoms with Crippen molar-refractivity contribution >= 4 is 23.7 Å². The minimum absolute atomic E-state index is 0.0197. The molecular formula is C15H22O5S. The van der Waals surface area contributed by atoms with Crippen LogP contribution in [0.15, 0.2) is 0 Å². The lowest BCUT2D eigenvalue weighted by Gasteiger charge is -2.25. The van der Waals surface area contributed by atoms with Crippen molar-refractivity contribution in [3.63, 3.8) is 0 Å². The van der Waals surface area contributed by atoms with Crippen LogP contribution in [0.25, 0.3) is 0 Å². The zero-order valence-corrected chi connectivity index (χ0v) is 13.3. The first kappa shape index (κ1) is 15.2. The molecule has 1 aliphatic heterocycles. The summed E-state index contributed by atoms with van der Waals surface area (Å²) in [6, 6.07) is 0. The number of thioether (sulfide) groups is 1. The molecule has 3 aliphatic rings. The third-order valence-electron chi connectivity index (χ3n) is 4.79. The van der Waals surface area contributed by atoms with E-state index in [0.717, 1.165) is 18.6 Å². The van der Waals surface area contributed by atoms with Gasteiger partial charge in [0.15, 0.2) is 0 Å². The maximum atomic E-state index is 11.7. The molecule has 0 N–H and O–H groups in total. The molecular weight excluding hydrogens is 292 g/mol. The minimum Gasteiger partial charge on any atom is -0.465 e. The standard InChI is InChI=1S/C15H22O5S/c1-3-18-14(16)8(2)21-5-4-19-12-9-6-10-11(7-9)15(17)20-13(10)12/h8-13H,3-7H2,1-2H3. The van der Waals surface area contributed by atoms with E-state index in [1.54, 1.807) is 11.8 Å². The van der Waals surface area contributed by atoms with Crippen molar-refractivity contribution in [1.29, 1.82) is 0 Å². The number of ether oxygens (including phenoxy) is 3. The van der Waals surface area contributed by atoms with Crippen LogP contribution < -0.4 is 0 Å². The summed E-state index contributed by atoms with van der Waals surface area (Å²) in [6.07, 6.45) is 2.04. The molecule has 3 rings (SSSR count). The molecule has 0 amide bonds. The van der Waals surface area contributed by atoms with Gasteiger partial charge in [-0.05, 0) is 32.6 Å². The quantitative estimate of drug-likeness (QED) is 0.526. The van der Waals surface area contributed by atoms with Crippen molar-refractivity contribution in [2.24, 2.45) is 17.8 Å². The Bertz CT molecular complexity index is 426. The lowest BCUT2D eigenvalue weighted by molar-refractivity contribution is -0.147. The summed E-state index contributed by atoms with van der Waals surface area (Å²) in [5.41, 5.74) is 0. The number of carbonyl (C=O) groups is 2. The molecule has 6 heteroatoms. The molecule has 21 heavy (non-hydrogen) atoms. The average molecular weight is 314 g/mol. The zero-order chi connectivity index (χ0) is 15.0. The van der Waals surface area contributed by atoms with Crippen LogP contribution in [0.3, 0.4) is 0 Å². The molecule has 3 fully saturated rings. The SMILES string of the molecule is CCOC(=O)C(C)SCCOC1C2CC3C(=O)OC1C3C2. The maximum absolute atomic E-state index is 11.7. The highest BCUT2D eigenvalue weighted by Gasteiger charge is 2.62. The molecule has 5 nitrogen and oxygen atoms in total. The molecule has 0 aromatic carbocycles. The summed E-state index contributed by atoms with van der Waals surface area (Å²) in [6.45, 7) is 4.66. The molecule has 0 aromatic heterocycles. The molecule has 0 aromatic rings. The summed E-state index contributed by atoms with van der Waals surface area (Å²) in [5.74, 6) is 1.55. The van der Waals surface area contributed by atoms with Crippen LogP contribution in [-0.4, -0.2) is 48.4 Å². The van der Waals surface area contributed by atoms with E-state index < -0.39 is 0 Å². The first-order valence-electron chi connectivity index (χ1n) is 7.72. The summed E-state index contributed by atoms with van der Waals surface area (Å²) >= 11 is 1.54. The van der Waals surface area contributed by atoms with Crippen LogP contribution >= 0.6 is 11.8 Å². The minimum atomic E-state index is -0.171. The second-order valence-corrected chi connectivity index (χ2v) is 7.45. The fourth-order valence-corrected chi connectivity index (χ4v) is 4.62. The van der Waals surface area contributed by atoms with Crippen molar-refractivity contribution in [3.8, 4) is 0 Å². The number of carbonyl (C=O) groups excluding carboxylic acids is 2. The Labute approximate surface area is 129 Å². The lowest BCUT2D eigenvalue weighted by atomic mass is 9.88. The maximum Gasteiger partial charge on any atom is 0.318 e. The van der Waals surface area contributed by atoms with Gasteiger partial charge in [-0.2, -0.15) is 0 Å². The first-order valence-corrected chi connectivity index (χ1v) is 8.77. The fourth-order valence-electron chi connectivity index (χ4n) is 3.87. The number of hydrogen-bond acceptors (Lipinski definition) is 6. The smallest absolute Gasteiger partial charge is 0.318 e. The van der Waals surface area contributed by atoms with E-state index in [2.05, 4.69) is 0 Å². The highest BCUT2D eigenvalue weighted by atomic mass is 32.2. The van der Waals surface area contributed by atoms with E-state index in [1.807, 2.05) is 13.8 Å². The molecule has 1 heterocycles. The first-order chi connectivity index (χ1) is 10.1. The molecule has 6 atom stereocenters. The van der Waals surface area contributed by atoms with Crippen LogP contribution in [0.5, 0.6) is 0 Å². The second kappa shape index (κ2) is 6.16. The topological polar surface area (TPSA) is 61.8 Å². The molecule has 2 bridgehead atoms. The third kappa shape index (κ3) is 2.80. The largest absolute Gasteiger partial charge is 0.465 e. The van der Waals surface area contributed by atoms with Gasteiger partial charge in [-0.25, -0.2) is 0 Å². The van der Waals surface area contributed by atoms with Gasteiger partial charge in [0.1, 0.15) is 6.10 Å². The van der Waals surface area contributed by atoms with Gasteiger partial charge in [-0.1, -0.05) is 0 Å². The van der Waals surface area contributed by atoms with Crippen LogP contribution in [0.4, 0.5) is 0 Å². The molecule has 2 saturated carbocycles. The van der Waals surface area contributed by atoms with Crippen LogP contribution in [0, 0.1) is 17.8 Å². The second-order valence-electron chi connectivity index (χ2n) is 6.00. The summed E-state index contributed by atoms with van der Waals surface area (Å²) < 4.78 is 16.4. The van der Waals surface area contributed by atoms with Crippen LogP contribution in [0.1, 0.15) is 26.7 Å². The predicted molar refractivity (Wildman–Crippen MR) is 77.9 cm³/mol. The van der Waals surface area contributed by atoms with Gasteiger partial charge in [-0.3, -0.25) is 9.59 Å². The van der Waals surface area contributed by atoms with Crippen LogP contribution in [-0.2, 0) is 23.8 Å². The van der Waals surface area contributed by atoms with E-state index in [0.29, 0.717) is 25.0 Å². The summed E-state index contributed by atoms with van der Waals surface area (Å²) in [5, 5.41) is -0.165. The lowest BCUT2D eigenvalue weighted by Crippen LogP contribution is -2.34. The van der Waals surface area contributed by atoms with Crippen molar-refractivity contribution in [2.45, 2.75) is 44.1 Å². The van der Waals surface area contributed by atoms with Crippen molar-refractivity contribution < 1.29 is 23.8 Å². The number of esters is 2. The van der Waals surface area contributed by atoms with E-state index >= 15 is 0 Å². The van der Waals surface area contributed by atoms with Crippen molar-refractivity contribution in [1.82, 2.24) is 0 Å². The molecule has 118 valence electrons. The van der Waals surface area contributed by atoms with E-state index in [4.69, 9.17) is 14.2 Å². The van der Waals surface area contributed by atoms with Gasteiger partial charge in [0.05, 0.1) is 30.5 Å². The Morgan fingerprint density at radius 1 is 1.48 bits per heavy atom. The summed E-state index contributed by atoms with van der Waals surface area (Å²) in [4.78, 5) is 23.2. The Kier molecular flexibility index (Phi) is 4.45. The number of hydrogen-bond donors (Lipinski definition) is 0. The number of fused-ring (bicyclic) bond motifs is 1. The van der Waals surface area contributed by atoms with Gasteiger partial charge in [-0.15, -0.1) is 11.8 Å². The molecule has 0 spiro atoms. The normalized spacial score (nSPS) is 37.6. The summed E-state index contributed by atoms with van der Waals surface area (Å²) in [7, 11) is 0. The highest BCUT2D eigenvalue weighted by molar-refractivity contribution is 8.00. The highest BCUT2D eigenvalue weighted by Crippen LogP contribution is 2.55. The Balaban J connectivity index is 1.39. The van der Waals surface area contributed by atoms with Gasteiger partial charge < -0.3 is 14.2 Å². The average Bonchev–Trinajstić information content (AvgIpc) is 3.07. The van der Waals surface area contributed by atoms with Crippen molar-refractivity contribution in [3.05, 3.63) is 0 Å². The molecule has 2 aliphatic carbocycles. The van der Waals surface area contributed by atoms with Gasteiger partial charge in [0.2, 0.25) is 0 Å². The zero-order valence-electron chi connectivity index (χ0n) is 12.4. The van der Waals surface area contributed by atoms with Crippen molar-refractivity contribution in [2.75, 3.05) is 19.0 Å².